The number of rotatable bonds is 11. The van der Waals surface area contributed by atoms with Crippen molar-refractivity contribution in [3.8, 4) is 17.2 Å². The lowest BCUT2D eigenvalue weighted by Gasteiger charge is -2.10. The summed E-state index contributed by atoms with van der Waals surface area (Å²) in [5.74, 6) is 1.46. The number of hydrazone groups is 1. The van der Waals surface area contributed by atoms with Gasteiger partial charge in [0, 0.05) is 29.2 Å². The summed E-state index contributed by atoms with van der Waals surface area (Å²) in [4.78, 5) is 22.8. The van der Waals surface area contributed by atoms with Crippen LogP contribution in [0.5, 0.6) is 11.5 Å². The van der Waals surface area contributed by atoms with Gasteiger partial charge >= 0.3 is 5.91 Å². The Hall–Kier alpha value is -5.64. The van der Waals surface area contributed by atoms with Crippen LogP contribution < -0.4 is 14.9 Å². The summed E-state index contributed by atoms with van der Waals surface area (Å²) >= 11 is 0. The Morgan fingerprint density at radius 1 is 0.857 bits per heavy atom. The summed E-state index contributed by atoms with van der Waals surface area (Å²) in [6.45, 7) is 4.58. The summed E-state index contributed by atoms with van der Waals surface area (Å²) in [7, 11) is 0. The van der Waals surface area contributed by atoms with Crippen LogP contribution in [0.2, 0.25) is 0 Å². The molecule has 5 rings (SSSR count). The van der Waals surface area contributed by atoms with Crippen molar-refractivity contribution < 1.29 is 23.6 Å². The van der Waals surface area contributed by atoms with Crippen LogP contribution in [0.1, 0.15) is 38.8 Å². The minimum Gasteiger partial charge on any atom is -0.489 e. The molecular weight excluding hydrogens is 536 g/mol. The topological polar surface area (TPSA) is 121 Å². The number of nitrogens with zero attached hydrogens (tertiary/aromatic N) is 3. The first-order chi connectivity index (χ1) is 20.4. The van der Waals surface area contributed by atoms with Crippen molar-refractivity contribution in [3.63, 3.8) is 0 Å². The lowest BCUT2D eigenvalue weighted by Crippen LogP contribution is -2.16. The molecular formula is C32H28N4O6. The second-order valence-corrected chi connectivity index (χ2v) is 9.48. The second kappa shape index (κ2) is 12.7. The Bertz CT molecular complexity index is 1680. The number of ether oxygens (including phenoxy) is 2. The summed E-state index contributed by atoms with van der Waals surface area (Å²) < 4.78 is 19.3. The zero-order chi connectivity index (χ0) is 29.5. The number of hydrogen-bond acceptors (Lipinski definition) is 7. The van der Waals surface area contributed by atoms with Crippen LogP contribution in [-0.4, -0.2) is 21.6 Å². The largest absolute Gasteiger partial charge is 0.489 e. The van der Waals surface area contributed by atoms with E-state index in [1.807, 2.05) is 24.3 Å². The number of nitro groups is 1. The third kappa shape index (κ3) is 6.92. The summed E-state index contributed by atoms with van der Waals surface area (Å²) in [5.41, 5.74) is 7.43. The van der Waals surface area contributed by atoms with Gasteiger partial charge in [-0.1, -0.05) is 0 Å². The van der Waals surface area contributed by atoms with Gasteiger partial charge in [-0.3, -0.25) is 14.9 Å². The number of benzene rings is 3. The fourth-order valence-electron chi connectivity index (χ4n) is 4.25. The summed E-state index contributed by atoms with van der Waals surface area (Å²) in [6.07, 6.45) is 1.51. The van der Waals surface area contributed by atoms with Crippen molar-refractivity contribution in [1.29, 1.82) is 0 Å². The second-order valence-electron chi connectivity index (χ2n) is 9.48. The maximum Gasteiger partial charge on any atom is 0.307 e. The molecule has 5 aromatic rings. The van der Waals surface area contributed by atoms with Crippen LogP contribution in [0.4, 0.5) is 5.69 Å². The Kier molecular flexibility index (Phi) is 8.43. The van der Waals surface area contributed by atoms with Crippen LogP contribution in [0.3, 0.4) is 0 Å². The highest BCUT2D eigenvalue weighted by Crippen LogP contribution is 2.21. The van der Waals surface area contributed by atoms with Crippen LogP contribution in [0.25, 0.3) is 5.69 Å². The van der Waals surface area contributed by atoms with Crippen molar-refractivity contribution in [1.82, 2.24) is 9.99 Å². The Morgan fingerprint density at radius 3 is 2.12 bits per heavy atom. The zero-order valence-electron chi connectivity index (χ0n) is 23.0. The van der Waals surface area contributed by atoms with E-state index >= 15 is 0 Å². The SMILES string of the molecule is Cc1ccc(C)n1-c1ccc(OCc2ccc(C(=O)N/N=C/c3ccc(OCc4ccc([N+](=O)[O-])cc4)cc3)o2)cc1. The van der Waals surface area contributed by atoms with Crippen LogP contribution in [-0.2, 0) is 13.2 Å². The lowest BCUT2D eigenvalue weighted by molar-refractivity contribution is -0.384. The molecule has 0 bridgehead atoms. The van der Waals surface area contributed by atoms with Crippen molar-refractivity contribution in [2.75, 3.05) is 0 Å². The molecule has 0 aliphatic rings. The Labute approximate surface area is 242 Å². The van der Waals surface area contributed by atoms with Gasteiger partial charge in [-0.25, -0.2) is 5.43 Å². The van der Waals surface area contributed by atoms with E-state index in [1.54, 1.807) is 48.5 Å². The van der Waals surface area contributed by atoms with Gasteiger partial charge in [-0.15, -0.1) is 0 Å². The number of nitrogens with one attached hydrogen (secondary N) is 1. The minimum atomic E-state index is -0.484. The molecule has 10 nitrogen and oxygen atoms in total. The quantitative estimate of drug-likeness (QED) is 0.111. The standard InChI is InChI=1S/C32H28N4O6/c1-22-3-4-23(2)35(22)26-11-15-29(16-12-26)41-21-30-17-18-31(42-30)32(37)34-33-19-24-7-13-28(14-8-24)40-20-25-5-9-27(10-6-25)36(38)39/h3-19H,20-21H2,1-2H3,(H,34,37)/b33-19+. The number of furan rings is 1. The molecule has 212 valence electrons. The highest BCUT2D eigenvalue weighted by molar-refractivity contribution is 5.92. The highest BCUT2D eigenvalue weighted by atomic mass is 16.6. The molecule has 1 N–H and O–H groups in total. The molecule has 0 aliphatic carbocycles. The first kappa shape index (κ1) is 27.9. The van der Waals surface area contributed by atoms with Gasteiger partial charge < -0.3 is 18.5 Å². The minimum absolute atomic E-state index is 0.0342. The average Bonchev–Trinajstić information content (AvgIpc) is 3.62. The number of aryl methyl sites for hydroxylation is 2. The average molecular weight is 565 g/mol. The normalized spacial score (nSPS) is 11.0. The smallest absolute Gasteiger partial charge is 0.307 e. The Morgan fingerprint density at radius 2 is 1.48 bits per heavy atom. The molecule has 0 radical (unpaired) electrons. The molecule has 42 heavy (non-hydrogen) atoms. The van der Waals surface area contributed by atoms with E-state index in [0.29, 0.717) is 17.3 Å². The van der Waals surface area contributed by atoms with E-state index in [0.717, 1.165) is 28.2 Å². The van der Waals surface area contributed by atoms with Gasteiger partial charge in [0.25, 0.3) is 5.69 Å². The third-order valence-electron chi connectivity index (χ3n) is 6.45. The molecule has 2 aromatic heterocycles. The molecule has 0 fully saturated rings. The molecule has 0 saturated heterocycles. The molecule has 0 unspecified atom stereocenters. The Balaban J connectivity index is 1.07. The summed E-state index contributed by atoms with van der Waals surface area (Å²) in [5, 5.41) is 14.8. The van der Waals surface area contributed by atoms with Crippen molar-refractivity contribution in [2.24, 2.45) is 5.10 Å². The maximum absolute atomic E-state index is 12.4. The number of aromatic nitrogens is 1. The van der Waals surface area contributed by atoms with Gasteiger partial charge in [0.15, 0.2) is 5.76 Å². The molecule has 0 aliphatic heterocycles. The van der Waals surface area contributed by atoms with Crippen LogP contribution in [0, 0.1) is 24.0 Å². The van der Waals surface area contributed by atoms with E-state index < -0.39 is 10.8 Å². The molecule has 1 amide bonds. The van der Waals surface area contributed by atoms with E-state index in [2.05, 4.69) is 41.1 Å². The van der Waals surface area contributed by atoms with Crippen LogP contribution >= 0.6 is 0 Å². The number of amides is 1. The number of carbonyl (C=O) groups is 1. The number of hydrogen-bond donors (Lipinski definition) is 1. The van der Waals surface area contributed by atoms with Gasteiger partial charge in [-0.05, 0) is 110 Å². The van der Waals surface area contributed by atoms with E-state index in [4.69, 9.17) is 13.9 Å². The molecule has 0 atom stereocenters. The molecule has 0 spiro atoms. The fraction of sp³-hybridized carbons (Fsp3) is 0.125. The molecule has 3 aromatic carbocycles. The predicted octanol–water partition coefficient (Wildman–Crippen LogP) is 6.52. The van der Waals surface area contributed by atoms with Gasteiger partial charge in [0.1, 0.15) is 30.5 Å². The van der Waals surface area contributed by atoms with E-state index in [-0.39, 0.29) is 24.7 Å². The first-order valence-corrected chi connectivity index (χ1v) is 13.1. The van der Waals surface area contributed by atoms with Gasteiger partial charge in [-0.2, -0.15) is 5.10 Å². The van der Waals surface area contributed by atoms with Crippen molar-refractivity contribution in [2.45, 2.75) is 27.1 Å². The number of nitro benzene ring substituents is 1. The highest BCUT2D eigenvalue weighted by Gasteiger charge is 2.11. The molecule has 0 saturated carbocycles. The predicted molar refractivity (Wildman–Crippen MR) is 157 cm³/mol. The first-order valence-electron chi connectivity index (χ1n) is 13.1. The monoisotopic (exact) mass is 564 g/mol. The van der Waals surface area contributed by atoms with Crippen molar-refractivity contribution in [3.05, 3.63) is 141 Å². The zero-order valence-corrected chi connectivity index (χ0v) is 23.0. The summed E-state index contributed by atoms with van der Waals surface area (Å²) in [6, 6.07) is 28.5. The third-order valence-corrected chi connectivity index (χ3v) is 6.45. The fourth-order valence-corrected chi connectivity index (χ4v) is 4.25. The number of non-ortho nitro benzene ring substituents is 1. The van der Waals surface area contributed by atoms with Crippen molar-refractivity contribution >= 4 is 17.8 Å². The lowest BCUT2D eigenvalue weighted by atomic mass is 10.2. The van der Waals surface area contributed by atoms with Gasteiger partial charge in [0.2, 0.25) is 0 Å². The molecule has 10 heteroatoms. The van der Waals surface area contributed by atoms with Crippen LogP contribution in [0.15, 0.2) is 107 Å². The number of carbonyl (C=O) groups excluding carboxylic acids is 1. The van der Waals surface area contributed by atoms with Gasteiger partial charge in [0.05, 0.1) is 11.1 Å². The maximum atomic E-state index is 12.4. The van der Waals surface area contributed by atoms with E-state index in [1.165, 1.54) is 18.3 Å². The van der Waals surface area contributed by atoms with E-state index in [9.17, 15) is 14.9 Å². The molecule has 2 heterocycles.